The second-order valence-electron chi connectivity index (χ2n) is 5.26. The van der Waals surface area contributed by atoms with Crippen molar-refractivity contribution in [3.8, 4) is 0 Å². The maximum Gasteiger partial charge on any atom is 0.323 e. The van der Waals surface area contributed by atoms with Gasteiger partial charge in [-0.15, -0.1) is 11.3 Å². The molecule has 3 aromatic rings. The average molecular weight is 392 g/mol. The number of amides is 1. The third-order valence-electron chi connectivity index (χ3n) is 3.29. The van der Waals surface area contributed by atoms with Crippen molar-refractivity contribution in [3.05, 3.63) is 39.8 Å². The Labute approximate surface area is 156 Å². The van der Waals surface area contributed by atoms with E-state index in [1.54, 1.807) is 30.5 Å². The Kier molecular flexibility index (Phi) is 5.74. The highest BCUT2D eigenvalue weighted by atomic mass is 32.2. The van der Waals surface area contributed by atoms with Crippen LogP contribution in [0.2, 0.25) is 0 Å². The van der Waals surface area contributed by atoms with Gasteiger partial charge in [-0.2, -0.15) is 0 Å². The highest BCUT2D eigenvalue weighted by Crippen LogP contribution is 2.23. The fourth-order valence-corrected chi connectivity index (χ4v) is 3.88. The van der Waals surface area contributed by atoms with Crippen LogP contribution < -0.4 is 11.0 Å². The van der Waals surface area contributed by atoms with Gasteiger partial charge in [0.2, 0.25) is 5.91 Å². The molecule has 0 radical (unpaired) electrons. The van der Waals surface area contributed by atoms with Gasteiger partial charge in [0.05, 0.1) is 35.5 Å². The number of thiazole rings is 1. The zero-order valence-corrected chi connectivity index (χ0v) is 15.5. The van der Waals surface area contributed by atoms with E-state index in [4.69, 9.17) is 4.74 Å². The van der Waals surface area contributed by atoms with Crippen molar-refractivity contribution in [1.29, 1.82) is 0 Å². The van der Waals surface area contributed by atoms with Crippen molar-refractivity contribution in [3.63, 3.8) is 0 Å². The SMILES string of the molecule is CCOC(=O)Cc1csc(SCC(=O)Nc2ccc3[nH]c(=O)[nH]c3c2)n1. The average Bonchev–Trinajstić information content (AvgIpc) is 3.18. The lowest BCUT2D eigenvalue weighted by atomic mass is 10.3. The van der Waals surface area contributed by atoms with Crippen LogP contribution in [0.4, 0.5) is 5.69 Å². The lowest BCUT2D eigenvalue weighted by Gasteiger charge is -2.04. The largest absolute Gasteiger partial charge is 0.466 e. The molecule has 0 aliphatic rings. The summed E-state index contributed by atoms with van der Waals surface area (Å²) < 4.78 is 5.59. The number of imidazole rings is 1. The molecule has 0 aliphatic carbocycles. The molecule has 2 aromatic heterocycles. The standard InChI is InChI=1S/C16H16N4O4S2/c1-2-24-14(22)6-10-7-25-16(18-10)26-8-13(21)17-9-3-4-11-12(5-9)20-15(23)19-11/h3-5,7H,2,6,8H2,1H3,(H,17,21)(H2,19,20,23). The van der Waals surface area contributed by atoms with E-state index >= 15 is 0 Å². The first-order chi connectivity index (χ1) is 12.5. The minimum Gasteiger partial charge on any atom is -0.466 e. The summed E-state index contributed by atoms with van der Waals surface area (Å²) in [6.45, 7) is 2.09. The lowest BCUT2D eigenvalue weighted by molar-refractivity contribution is -0.142. The Morgan fingerprint density at radius 3 is 2.92 bits per heavy atom. The first kappa shape index (κ1) is 18.2. The Morgan fingerprint density at radius 2 is 2.12 bits per heavy atom. The van der Waals surface area contributed by atoms with E-state index in [9.17, 15) is 14.4 Å². The number of rotatable bonds is 7. The van der Waals surface area contributed by atoms with Crippen molar-refractivity contribution >= 4 is 51.7 Å². The number of carbonyl (C=O) groups is 2. The summed E-state index contributed by atoms with van der Waals surface area (Å²) in [7, 11) is 0. The number of ether oxygens (including phenoxy) is 1. The van der Waals surface area contributed by atoms with E-state index < -0.39 is 0 Å². The van der Waals surface area contributed by atoms with E-state index in [1.165, 1.54) is 23.1 Å². The molecule has 1 aromatic carbocycles. The van der Waals surface area contributed by atoms with Gasteiger partial charge in [0.1, 0.15) is 0 Å². The number of nitrogens with one attached hydrogen (secondary N) is 3. The molecule has 8 nitrogen and oxygen atoms in total. The van der Waals surface area contributed by atoms with Crippen LogP contribution >= 0.6 is 23.1 Å². The summed E-state index contributed by atoms with van der Waals surface area (Å²) in [6.07, 6.45) is 0.131. The van der Waals surface area contributed by atoms with Gasteiger partial charge in [0.15, 0.2) is 4.34 Å². The number of aromatic nitrogens is 3. The molecule has 3 N–H and O–H groups in total. The van der Waals surface area contributed by atoms with Crippen molar-refractivity contribution in [2.45, 2.75) is 17.7 Å². The molecule has 0 fully saturated rings. The molecule has 0 unspecified atom stereocenters. The summed E-state index contributed by atoms with van der Waals surface area (Å²) in [4.78, 5) is 44.4. The van der Waals surface area contributed by atoms with Crippen LogP contribution in [-0.2, 0) is 20.7 Å². The molecule has 0 spiro atoms. The zero-order chi connectivity index (χ0) is 18.5. The molecular formula is C16H16N4O4S2. The summed E-state index contributed by atoms with van der Waals surface area (Å²) in [5.41, 5.74) is 2.25. The van der Waals surface area contributed by atoms with Crippen LogP contribution in [0.1, 0.15) is 12.6 Å². The number of carbonyl (C=O) groups excluding carboxylic acids is 2. The van der Waals surface area contributed by atoms with Crippen molar-refractivity contribution in [2.75, 3.05) is 17.7 Å². The zero-order valence-electron chi connectivity index (χ0n) is 13.8. The monoisotopic (exact) mass is 392 g/mol. The number of hydrogen-bond donors (Lipinski definition) is 3. The van der Waals surface area contributed by atoms with Gasteiger partial charge in [-0.3, -0.25) is 9.59 Å². The summed E-state index contributed by atoms with van der Waals surface area (Å²) in [5.74, 6) is -0.312. The first-order valence-electron chi connectivity index (χ1n) is 7.78. The van der Waals surface area contributed by atoms with Gasteiger partial charge in [0, 0.05) is 11.1 Å². The van der Waals surface area contributed by atoms with Gasteiger partial charge >= 0.3 is 11.7 Å². The number of anilines is 1. The van der Waals surface area contributed by atoms with Gasteiger partial charge < -0.3 is 20.0 Å². The van der Waals surface area contributed by atoms with E-state index in [0.29, 0.717) is 33.4 Å². The number of aromatic amines is 2. The Hall–Kier alpha value is -2.59. The molecule has 0 bridgehead atoms. The van der Waals surface area contributed by atoms with Gasteiger partial charge in [0.25, 0.3) is 0 Å². The normalized spacial score (nSPS) is 10.8. The van der Waals surface area contributed by atoms with E-state index in [-0.39, 0.29) is 29.7 Å². The first-order valence-corrected chi connectivity index (χ1v) is 9.64. The Balaban J connectivity index is 1.52. The summed E-state index contributed by atoms with van der Waals surface area (Å²) in [5, 5.41) is 4.56. The lowest BCUT2D eigenvalue weighted by Crippen LogP contribution is -2.13. The predicted octanol–water partition coefficient (Wildman–Crippen LogP) is 2.15. The topological polar surface area (TPSA) is 117 Å². The number of thioether (sulfide) groups is 1. The van der Waals surface area contributed by atoms with Crippen LogP contribution in [0.5, 0.6) is 0 Å². The third-order valence-corrected chi connectivity index (χ3v) is 5.36. The van der Waals surface area contributed by atoms with Gasteiger partial charge in [-0.25, -0.2) is 9.78 Å². The molecule has 26 heavy (non-hydrogen) atoms. The molecule has 3 rings (SSSR count). The van der Waals surface area contributed by atoms with Crippen molar-refractivity contribution < 1.29 is 14.3 Å². The molecule has 0 aliphatic heterocycles. The molecule has 2 heterocycles. The summed E-state index contributed by atoms with van der Waals surface area (Å²) in [6, 6.07) is 5.13. The number of fused-ring (bicyclic) bond motifs is 1. The van der Waals surface area contributed by atoms with Crippen LogP contribution in [-0.4, -0.2) is 39.2 Å². The fourth-order valence-electron chi connectivity index (χ4n) is 2.23. The maximum absolute atomic E-state index is 12.1. The van der Waals surface area contributed by atoms with Crippen LogP contribution in [0, 0.1) is 0 Å². The van der Waals surface area contributed by atoms with Crippen LogP contribution in [0.3, 0.4) is 0 Å². The minimum absolute atomic E-state index is 0.131. The molecule has 0 saturated carbocycles. The molecule has 0 atom stereocenters. The van der Waals surface area contributed by atoms with Crippen LogP contribution in [0.15, 0.2) is 32.7 Å². The second-order valence-corrected chi connectivity index (χ2v) is 7.34. The molecule has 136 valence electrons. The minimum atomic E-state index is -0.315. The predicted molar refractivity (Wildman–Crippen MR) is 101 cm³/mol. The number of benzene rings is 1. The molecular weight excluding hydrogens is 376 g/mol. The van der Waals surface area contributed by atoms with E-state index in [2.05, 4.69) is 20.3 Å². The van der Waals surface area contributed by atoms with Crippen molar-refractivity contribution in [2.24, 2.45) is 0 Å². The summed E-state index contributed by atoms with van der Waals surface area (Å²) >= 11 is 2.68. The van der Waals surface area contributed by atoms with Crippen molar-refractivity contribution in [1.82, 2.24) is 15.0 Å². The number of H-pyrrole nitrogens is 2. The quantitative estimate of drug-likeness (QED) is 0.419. The van der Waals surface area contributed by atoms with Gasteiger partial charge in [-0.1, -0.05) is 11.8 Å². The fraction of sp³-hybridized carbons (Fsp3) is 0.250. The molecule has 0 saturated heterocycles. The number of esters is 1. The van der Waals surface area contributed by atoms with Gasteiger partial charge in [-0.05, 0) is 25.1 Å². The highest BCUT2D eigenvalue weighted by Gasteiger charge is 2.11. The van der Waals surface area contributed by atoms with E-state index in [1.807, 2.05) is 0 Å². The molecule has 1 amide bonds. The van der Waals surface area contributed by atoms with Crippen LogP contribution in [0.25, 0.3) is 11.0 Å². The highest BCUT2D eigenvalue weighted by molar-refractivity contribution is 8.01. The number of hydrogen-bond acceptors (Lipinski definition) is 7. The third kappa shape index (κ3) is 4.73. The Morgan fingerprint density at radius 1 is 1.31 bits per heavy atom. The second kappa shape index (κ2) is 8.19. The van der Waals surface area contributed by atoms with E-state index in [0.717, 1.165) is 0 Å². The maximum atomic E-state index is 12.1. The Bertz CT molecular complexity index is 991. The molecule has 10 heteroatoms. The number of nitrogens with zero attached hydrogens (tertiary/aromatic N) is 1. The smallest absolute Gasteiger partial charge is 0.323 e.